The van der Waals surface area contributed by atoms with Crippen LogP contribution in [0.3, 0.4) is 0 Å². The fourth-order valence-corrected chi connectivity index (χ4v) is 2.13. The first-order valence-corrected chi connectivity index (χ1v) is 5.99. The molecule has 0 radical (unpaired) electrons. The zero-order chi connectivity index (χ0) is 12.1. The molecule has 0 heterocycles. The number of allylic oxidation sites excluding steroid dienone is 1. The van der Waals surface area contributed by atoms with Crippen LogP contribution in [0, 0.1) is 6.92 Å². The first kappa shape index (κ1) is 13.3. The first-order valence-electron chi connectivity index (χ1n) is 5.61. The Bertz CT molecular complexity index is 351. The van der Waals surface area contributed by atoms with E-state index in [0.717, 1.165) is 17.9 Å². The van der Waals surface area contributed by atoms with Crippen LogP contribution in [-0.2, 0) is 0 Å². The van der Waals surface area contributed by atoms with Gasteiger partial charge < -0.3 is 5.32 Å². The Morgan fingerprint density at radius 2 is 2.12 bits per heavy atom. The van der Waals surface area contributed by atoms with E-state index in [9.17, 15) is 0 Å². The summed E-state index contributed by atoms with van der Waals surface area (Å²) in [5, 5.41) is 4.14. The highest BCUT2D eigenvalue weighted by Gasteiger charge is 2.10. The van der Waals surface area contributed by atoms with Crippen LogP contribution in [0.4, 0.5) is 0 Å². The van der Waals surface area contributed by atoms with Gasteiger partial charge in [0, 0.05) is 11.1 Å². The van der Waals surface area contributed by atoms with Crippen molar-refractivity contribution < 1.29 is 0 Å². The van der Waals surface area contributed by atoms with E-state index >= 15 is 0 Å². The van der Waals surface area contributed by atoms with E-state index in [1.165, 1.54) is 16.7 Å². The zero-order valence-electron chi connectivity index (χ0n) is 10.3. The molecule has 88 valence electrons. The molecule has 0 aliphatic heterocycles. The summed E-state index contributed by atoms with van der Waals surface area (Å²) < 4.78 is 0. The molecular formula is C14H20ClN. The number of nitrogens with one attached hydrogen (secondary N) is 1. The number of aryl methyl sites for hydroxylation is 1. The molecule has 16 heavy (non-hydrogen) atoms. The normalized spacial score (nSPS) is 12.5. The van der Waals surface area contributed by atoms with Crippen LogP contribution in [0.2, 0.25) is 5.02 Å². The highest BCUT2D eigenvalue weighted by atomic mass is 35.5. The van der Waals surface area contributed by atoms with Gasteiger partial charge in [-0.15, -0.1) is 6.58 Å². The monoisotopic (exact) mass is 237 g/mol. The van der Waals surface area contributed by atoms with Crippen molar-refractivity contribution in [3.05, 3.63) is 46.5 Å². The quantitative estimate of drug-likeness (QED) is 0.755. The third kappa shape index (κ3) is 3.99. The van der Waals surface area contributed by atoms with E-state index in [0.29, 0.717) is 6.04 Å². The molecular weight excluding hydrogens is 218 g/mol. The van der Waals surface area contributed by atoms with E-state index in [4.69, 9.17) is 11.6 Å². The van der Waals surface area contributed by atoms with Gasteiger partial charge in [-0.1, -0.05) is 23.2 Å². The Kier molecular flexibility index (Phi) is 5.04. The van der Waals surface area contributed by atoms with E-state index in [1.54, 1.807) is 0 Å². The minimum absolute atomic E-state index is 0.356. The molecule has 0 aliphatic carbocycles. The molecule has 0 bridgehead atoms. The molecule has 1 aromatic carbocycles. The summed E-state index contributed by atoms with van der Waals surface area (Å²) in [5.74, 6) is 0. The molecule has 0 aromatic heterocycles. The Balaban J connectivity index is 2.81. The predicted octanol–water partition coefficient (Wildman–Crippen LogP) is 4.27. The zero-order valence-corrected chi connectivity index (χ0v) is 11.1. The van der Waals surface area contributed by atoms with Gasteiger partial charge in [0.15, 0.2) is 0 Å². The van der Waals surface area contributed by atoms with Gasteiger partial charge in [-0.25, -0.2) is 0 Å². The van der Waals surface area contributed by atoms with Gasteiger partial charge in [0.05, 0.1) is 0 Å². The van der Waals surface area contributed by atoms with Crippen LogP contribution >= 0.6 is 11.6 Å². The van der Waals surface area contributed by atoms with Crippen LogP contribution in [-0.4, -0.2) is 7.05 Å². The second kappa shape index (κ2) is 6.07. The molecule has 1 aromatic rings. The highest BCUT2D eigenvalue weighted by molar-refractivity contribution is 6.30. The summed E-state index contributed by atoms with van der Waals surface area (Å²) >= 11 is 6.07. The third-order valence-corrected chi connectivity index (χ3v) is 2.89. The first-order chi connectivity index (χ1) is 7.52. The number of hydrogen-bond acceptors (Lipinski definition) is 1. The number of benzene rings is 1. The van der Waals surface area contributed by atoms with Crippen LogP contribution in [0.1, 0.15) is 36.9 Å². The summed E-state index contributed by atoms with van der Waals surface area (Å²) in [5.41, 5.74) is 3.69. The van der Waals surface area contributed by atoms with Crippen LogP contribution in [0.25, 0.3) is 0 Å². The largest absolute Gasteiger partial charge is 0.313 e. The van der Waals surface area contributed by atoms with Gasteiger partial charge in [-0.3, -0.25) is 0 Å². The van der Waals surface area contributed by atoms with E-state index in [2.05, 4.69) is 31.8 Å². The lowest BCUT2D eigenvalue weighted by molar-refractivity contribution is 0.548. The lowest BCUT2D eigenvalue weighted by Crippen LogP contribution is -2.16. The lowest BCUT2D eigenvalue weighted by Gasteiger charge is -2.17. The van der Waals surface area contributed by atoms with Gasteiger partial charge in [0.1, 0.15) is 0 Å². The molecule has 0 aliphatic rings. The van der Waals surface area contributed by atoms with Crippen LogP contribution < -0.4 is 5.32 Å². The Labute approximate surface area is 104 Å². The van der Waals surface area contributed by atoms with Crippen LogP contribution in [0.15, 0.2) is 30.4 Å². The molecule has 0 saturated carbocycles. The second-order valence-corrected chi connectivity index (χ2v) is 4.84. The van der Waals surface area contributed by atoms with Crippen molar-refractivity contribution in [3.8, 4) is 0 Å². The Morgan fingerprint density at radius 1 is 1.44 bits per heavy atom. The molecule has 2 heteroatoms. The maximum atomic E-state index is 6.07. The lowest BCUT2D eigenvalue weighted by atomic mass is 9.99. The topological polar surface area (TPSA) is 12.0 Å². The number of halogens is 1. The summed E-state index contributed by atoms with van der Waals surface area (Å²) in [6.07, 6.45) is 2.10. The molecule has 1 atom stereocenters. The Hall–Kier alpha value is -0.790. The average molecular weight is 238 g/mol. The summed E-state index contributed by atoms with van der Waals surface area (Å²) in [7, 11) is 1.99. The highest BCUT2D eigenvalue weighted by Crippen LogP contribution is 2.24. The Morgan fingerprint density at radius 3 is 2.62 bits per heavy atom. The summed E-state index contributed by atoms with van der Waals surface area (Å²) in [6.45, 7) is 8.07. The molecule has 0 saturated heterocycles. The van der Waals surface area contributed by atoms with Crippen molar-refractivity contribution in [2.75, 3.05) is 7.05 Å². The fourth-order valence-electron chi connectivity index (χ4n) is 1.83. The van der Waals surface area contributed by atoms with Gasteiger partial charge in [-0.05, 0) is 57.0 Å². The minimum Gasteiger partial charge on any atom is -0.313 e. The molecule has 1 rings (SSSR count). The van der Waals surface area contributed by atoms with Crippen molar-refractivity contribution in [3.63, 3.8) is 0 Å². The summed E-state index contributed by atoms with van der Waals surface area (Å²) in [4.78, 5) is 0. The minimum atomic E-state index is 0.356. The second-order valence-electron chi connectivity index (χ2n) is 4.40. The van der Waals surface area contributed by atoms with Crippen molar-refractivity contribution in [2.45, 2.75) is 32.7 Å². The number of rotatable bonds is 5. The van der Waals surface area contributed by atoms with Crippen molar-refractivity contribution in [1.82, 2.24) is 5.32 Å². The van der Waals surface area contributed by atoms with Crippen LogP contribution in [0.5, 0.6) is 0 Å². The third-order valence-electron chi connectivity index (χ3n) is 2.68. The molecule has 1 nitrogen and oxygen atoms in total. The SMILES string of the molecule is C=C(C)CCC(NC)c1cc(C)cc(Cl)c1. The average Bonchev–Trinajstić information content (AvgIpc) is 2.16. The van der Waals surface area contributed by atoms with Crippen molar-refractivity contribution in [1.29, 1.82) is 0 Å². The molecule has 1 unspecified atom stereocenters. The van der Waals surface area contributed by atoms with E-state index in [1.807, 2.05) is 19.2 Å². The maximum absolute atomic E-state index is 6.07. The molecule has 0 amide bonds. The number of hydrogen-bond donors (Lipinski definition) is 1. The van der Waals surface area contributed by atoms with E-state index in [-0.39, 0.29) is 0 Å². The van der Waals surface area contributed by atoms with Crippen molar-refractivity contribution in [2.24, 2.45) is 0 Å². The van der Waals surface area contributed by atoms with Crippen molar-refractivity contribution >= 4 is 11.6 Å². The van der Waals surface area contributed by atoms with E-state index < -0.39 is 0 Å². The standard InChI is InChI=1S/C14H20ClN/c1-10(2)5-6-14(16-4)12-7-11(3)8-13(15)9-12/h7-9,14,16H,1,5-6H2,2-4H3. The molecule has 1 N–H and O–H groups in total. The summed E-state index contributed by atoms with van der Waals surface area (Å²) in [6, 6.07) is 6.56. The maximum Gasteiger partial charge on any atom is 0.0411 e. The molecule has 0 spiro atoms. The van der Waals surface area contributed by atoms with Gasteiger partial charge >= 0.3 is 0 Å². The smallest absolute Gasteiger partial charge is 0.0411 e. The predicted molar refractivity (Wildman–Crippen MR) is 72.0 cm³/mol. The molecule has 0 fully saturated rings. The van der Waals surface area contributed by atoms with Gasteiger partial charge in [0.2, 0.25) is 0 Å². The fraction of sp³-hybridized carbons (Fsp3) is 0.429. The van der Waals surface area contributed by atoms with Gasteiger partial charge in [0.25, 0.3) is 0 Å². The van der Waals surface area contributed by atoms with Gasteiger partial charge in [-0.2, -0.15) is 0 Å².